The molecule has 23 heavy (non-hydrogen) atoms. The van der Waals surface area contributed by atoms with Crippen molar-refractivity contribution >= 4 is 22.6 Å². The zero-order chi connectivity index (χ0) is 16.8. The minimum Gasteiger partial charge on any atom is -0.243 e. The number of rotatable bonds is 2. The number of alkyl halides is 3. The van der Waals surface area contributed by atoms with Crippen LogP contribution in [0.5, 0.6) is 0 Å². The van der Waals surface area contributed by atoms with Crippen LogP contribution in [0.1, 0.15) is 22.5 Å². The molecule has 0 bridgehead atoms. The molecule has 3 aromatic rings. The highest BCUT2D eigenvalue weighted by Crippen LogP contribution is 2.36. The standard InChI is InChI=1S/C16H13ClF3N3/c1-9-7-13(16(18,19)20)14-10(2)22-23(15(14)21-9)8-11-3-5-12(17)6-4-11/h3-7H,8H2,1-2H3. The van der Waals surface area contributed by atoms with Gasteiger partial charge in [0.15, 0.2) is 5.65 Å². The van der Waals surface area contributed by atoms with Crippen LogP contribution in [0.2, 0.25) is 5.02 Å². The number of fused-ring (bicyclic) bond motifs is 1. The summed E-state index contributed by atoms with van der Waals surface area (Å²) in [5.41, 5.74) is 1.05. The SMILES string of the molecule is Cc1cc(C(F)(F)F)c2c(C)nn(Cc3ccc(Cl)cc3)c2n1. The summed E-state index contributed by atoms with van der Waals surface area (Å²) in [6, 6.07) is 8.14. The zero-order valence-corrected chi connectivity index (χ0v) is 13.2. The third kappa shape index (κ3) is 3.03. The van der Waals surface area contributed by atoms with Crippen LogP contribution in [0.3, 0.4) is 0 Å². The fraction of sp³-hybridized carbons (Fsp3) is 0.250. The molecule has 0 atom stereocenters. The monoisotopic (exact) mass is 339 g/mol. The van der Waals surface area contributed by atoms with Gasteiger partial charge in [-0.25, -0.2) is 9.67 Å². The molecule has 0 saturated carbocycles. The fourth-order valence-electron chi connectivity index (χ4n) is 2.58. The number of nitrogens with zero attached hydrogens (tertiary/aromatic N) is 3. The lowest BCUT2D eigenvalue weighted by molar-refractivity contribution is -0.136. The molecule has 2 aromatic heterocycles. The Morgan fingerprint density at radius 3 is 2.39 bits per heavy atom. The van der Waals surface area contributed by atoms with Crippen molar-refractivity contribution in [3.63, 3.8) is 0 Å². The van der Waals surface area contributed by atoms with Gasteiger partial charge < -0.3 is 0 Å². The molecule has 0 aliphatic heterocycles. The second-order valence-electron chi connectivity index (χ2n) is 5.38. The summed E-state index contributed by atoms with van der Waals surface area (Å²) < 4.78 is 41.3. The van der Waals surface area contributed by atoms with E-state index in [0.717, 1.165) is 11.6 Å². The highest BCUT2D eigenvalue weighted by Gasteiger charge is 2.35. The second-order valence-corrected chi connectivity index (χ2v) is 5.81. The number of halogens is 4. The molecule has 0 aliphatic carbocycles. The molecule has 0 saturated heterocycles. The Labute approximate surface area is 135 Å². The van der Waals surface area contributed by atoms with E-state index in [2.05, 4.69) is 10.1 Å². The first-order valence-electron chi connectivity index (χ1n) is 6.92. The second kappa shape index (κ2) is 5.53. The molecule has 120 valence electrons. The molecule has 0 aliphatic rings. The van der Waals surface area contributed by atoms with Crippen molar-refractivity contribution in [1.82, 2.24) is 14.8 Å². The van der Waals surface area contributed by atoms with Crippen molar-refractivity contribution in [3.8, 4) is 0 Å². The lowest BCUT2D eigenvalue weighted by Gasteiger charge is -2.10. The van der Waals surface area contributed by atoms with Gasteiger partial charge in [0.1, 0.15) is 0 Å². The van der Waals surface area contributed by atoms with Crippen molar-refractivity contribution in [3.05, 3.63) is 57.9 Å². The summed E-state index contributed by atoms with van der Waals surface area (Å²) in [7, 11) is 0. The smallest absolute Gasteiger partial charge is 0.243 e. The molecule has 0 unspecified atom stereocenters. The zero-order valence-electron chi connectivity index (χ0n) is 12.4. The van der Waals surface area contributed by atoms with Gasteiger partial charge in [-0.05, 0) is 37.6 Å². The molecule has 0 radical (unpaired) electrons. The Morgan fingerprint density at radius 2 is 1.78 bits per heavy atom. The normalized spacial score (nSPS) is 12.1. The predicted octanol–water partition coefficient (Wildman–Crippen LogP) is 4.77. The molecule has 3 nitrogen and oxygen atoms in total. The van der Waals surface area contributed by atoms with Gasteiger partial charge in [0, 0.05) is 10.7 Å². The van der Waals surface area contributed by atoms with Crippen molar-refractivity contribution in [1.29, 1.82) is 0 Å². The molecule has 1 aromatic carbocycles. The van der Waals surface area contributed by atoms with E-state index in [-0.39, 0.29) is 11.0 Å². The average molecular weight is 340 g/mol. The lowest BCUT2D eigenvalue weighted by Crippen LogP contribution is -2.08. The van der Waals surface area contributed by atoms with E-state index < -0.39 is 11.7 Å². The summed E-state index contributed by atoms with van der Waals surface area (Å²) in [5, 5.41) is 4.90. The maximum absolute atomic E-state index is 13.3. The topological polar surface area (TPSA) is 30.7 Å². The number of benzene rings is 1. The first-order valence-corrected chi connectivity index (χ1v) is 7.30. The minimum absolute atomic E-state index is 0.0528. The average Bonchev–Trinajstić information content (AvgIpc) is 2.76. The molecular formula is C16H13ClF3N3. The summed E-state index contributed by atoms with van der Waals surface area (Å²) >= 11 is 5.85. The van der Waals surface area contributed by atoms with E-state index in [0.29, 0.717) is 23.0 Å². The van der Waals surface area contributed by atoms with E-state index in [4.69, 9.17) is 11.6 Å². The third-order valence-corrected chi connectivity index (χ3v) is 3.81. The fourth-order valence-corrected chi connectivity index (χ4v) is 2.70. The minimum atomic E-state index is -4.44. The van der Waals surface area contributed by atoms with Crippen LogP contribution >= 0.6 is 11.6 Å². The van der Waals surface area contributed by atoms with Crippen molar-refractivity contribution < 1.29 is 13.2 Å². The van der Waals surface area contributed by atoms with Crippen LogP contribution in [0, 0.1) is 13.8 Å². The van der Waals surface area contributed by atoms with Gasteiger partial charge >= 0.3 is 6.18 Å². The Hall–Kier alpha value is -2.08. The Balaban J connectivity index is 2.16. The Bertz CT molecular complexity index is 867. The van der Waals surface area contributed by atoms with Crippen LogP contribution < -0.4 is 0 Å². The summed E-state index contributed by atoms with van der Waals surface area (Å²) in [6.07, 6.45) is -4.44. The summed E-state index contributed by atoms with van der Waals surface area (Å²) in [5.74, 6) is 0. The van der Waals surface area contributed by atoms with Crippen LogP contribution in [0.4, 0.5) is 13.2 Å². The van der Waals surface area contributed by atoms with Crippen LogP contribution in [0.25, 0.3) is 11.0 Å². The quantitative estimate of drug-likeness (QED) is 0.673. The molecular weight excluding hydrogens is 327 g/mol. The summed E-state index contributed by atoms with van der Waals surface area (Å²) in [6.45, 7) is 3.44. The van der Waals surface area contributed by atoms with Crippen LogP contribution in [0.15, 0.2) is 30.3 Å². The van der Waals surface area contributed by atoms with Gasteiger partial charge in [-0.2, -0.15) is 18.3 Å². The third-order valence-electron chi connectivity index (χ3n) is 3.56. The van der Waals surface area contributed by atoms with E-state index in [1.807, 2.05) is 12.1 Å². The highest BCUT2D eigenvalue weighted by molar-refractivity contribution is 6.30. The van der Waals surface area contributed by atoms with Gasteiger partial charge in [-0.1, -0.05) is 23.7 Å². The Morgan fingerprint density at radius 1 is 1.13 bits per heavy atom. The largest absolute Gasteiger partial charge is 0.417 e. The van der Waals surface area contributed by atoms with Crippen molar-refractivity contribution in [2.75, 3.05) is 0 Å². The summed E-state index contributed by atoms with van der Waals surface area (Å²) in [4.78, 5) is 4.26. The number of hydrogen-bond donors (Lipinski definition) is 0. The molecule has 0 amide bonds. The van der Waals surface area contributed by atoms with Gasteiger partial charge in [-0.15, -0.1) is 0 Å². The maximum Gasteiger partial charge on any atom is 0.417 e. The van der Waals surface area contributed by atoms with Crippen LogP contribution in [-0.4, -0.2) is 14.8 Å². The number of aromatic nitrogens is 3. The number of pyridine rings is 1. The maximum atomic E-state index is 13.3. The van der Waals surface area contributed by atoms with Gasteiger partial charge in [-0.3, -0.25) is 0 Å². The van der Waals surface area contributed by atoms with E-state index >= 15 is 0 Å². The van der Waals surface area contributed by atoms with E-state index in [9.17, 15) is 13.2 Å². The highest BCUT2D eigenvalue weighted by atomic mass is 35.5. The van der Waals surface area contributed by atoms with Crippen molar-refractivity contribution in [2.45, 2.75) is 26.6 Å². The van der Waals surface area contributed by atoms with Gasteiger partial charge in [0.2, 0.25) is 0 Å². The van der Waals surface area contributed by atoms with Crippen molar-refractivity contribution in [2.24, 2.45) is 0 Å². The van der Waals surface area contributed by atoms with E-state index in [1.54, 1.807) is 26.0 Å². The van der Waals surface area contributed by atoms with Gasteiger partial charge in [0.25, 0.3) is 0 Å². The number of aryl methyl sites for hydroxylation is 2. The van der Waals surface area contributed by atoms with E-state index in [1.165, 1.54) is 4.68 Å². The molecule has 3 rings (SSSR count). The molecule has 0 fully saturated rings. The molecule has 2 heterocycles. The van der Waals surface area contributed by atoms with Gasteiger partial charge in [0.05, 0.1) is 23.2 Å². The predicted molar refractivity (Wildman–Crippen MR) is 82.6 cm³/mol. The first-order chi connectivity index (χ1) is 10.8. The molecule has 7 heteroatoms. The first kappa shape index (κ1) is 15.8. The number of hydrogen-bond acceptors (Lipinski definition) is 2. The molecule has 0 N–H and O–H groups in total. The Kier molecular flexibility index (Phi) is 3.80. The van der Waals surface area contributed by atoms with Crippen LogP contribution in [-0.2, 0) is 12.7 Å². The molecule has 0 spiro atoms. The lowest BCUT2D eigenvalue weighted by atomic mass is 10.1.